The number of hydrogen-bond donors (Lipinski definition) is 3. The molecular formula is C12H17FN4O2. The first-order chi connectivity index (χ1) is 9.01. The third-order valence-electron chi connectivity index (χ3n) is 2.46. The summed E-state index contributed by atoms with van der Waals surface area (Å²) in [5.74, 6) is -1.74. The van der Waals surface area contributed by atoms with Gasteiger partial charge in [-0.25, -0.2) is 9.37 Å². The predicted octanol–water partition coefficient (Wildman–Crippen LogP) is 0.517. The third kappa shape index (κ3) is 3.64. The second-order valence-electron chi connectivity index (χ2n) is 3.86. The molecule has 0 fully saturated rings. The van der Waals surface area contributed by atoms with Crippen LogP contribution in [0.15, 0.2) is 12.3 Å². The van der Waals surface area contributed by atoms with Crippen LogP contribution in [0.4, 0.5) is 10.2 Å². The van der Waals surface area contributed by atoms with Gasteiger partial charge in [-0.2, -0.15) is 0 Å². The van der Waals surface area contributed by atoms with Gasteiger partial charge >= 0.3 is 0 Å². The van der Waals surface area contributed by atoms with Crippen LogP contribution in [0.25, 0.3) is 0 Å². The lowest BCUT2D eigenvalue weighted by Crippen LogP contribution is -2.44. The molecule has 1 unspecified atom stereocenters. The molecule has 0 radical (unpaired) electrons. The molecule has 104 valence electrons. The molecule has 6 nitrogen and oxygen atoms in total. The SMILES string of the molecule is CCNC(=O)C(C)NC(=O)c1ccnc(NC)c1F. The maximum atomic E-state index is 13.8. The quantitative estimate of drug-likeness (QED) is 0.727. The number of carbonyl (C=O) groups is 2. The molecular weight excluding hydrogens is 251 g/mol. The van der Waals surface area contributed by atoms with Crippen LogP contribution in [-0.2, 0) is 4.79 Å². The van der Waals surface area contributed by atoms with Gasteiger partial charge in [0.1, 0.15) is 6.04 Å². The zero-order chi connectivity index (χ0) is 14.4. The highest BCUT2D eigenvalue weighted by molar-refractivity contribution is 5.98. The lowest BCUT2D eigenvalue weighted by Gasteiger charge is -2.14. The Hall–Kier alpha value is -2.18. The number of nitrogens with zero attached hydrogens (tertiary/aromatic N) is 1. The number of halogens is 1. The molecule has 2 amide bonds. The number of rotatable bonds is 5. The van der Waals surface area contributed by atoms with Crippen molar-refractivity contribution in [3.05, 3.63) is 23.6 Å². The van der Waals surface area contributed by atoms with E-state index in [4.69, 9.17) is 0 Å². The summed E-state index contributed by atoms with van der Waals surface area (Å²) >= 11 is 0. The second kappa shape index (κ2) is 6.67. The van der Waals surface area contributed by atoms with Crippen LogP contribution >= 0.6 is 0 Å². The van der Waals surface area contributed by atoms with E-state index in [-0.39, 0.29) is 17.3 Å². The van der Waals surface area contributed by atoms with Crippen molar-refractivity contribution in [2.45, 2.75) is 19.9 Å². The molecule has 0 aliphatic carbocycles. The van der Waals surface area contributed by atoms with Gasteiger partial charge in [-0.15, -0.1) is 0 Å². The van der Waals surface area contributed by atoms with Crippen LogP contribution in [0.1, 0.15) is 24.2 Å². The Balaban J connectivity index is 2.81. The summed E-state index contributed by atoms with van der Waals surface area (Å²) in [5.41, 5.74) is -0.157. The maximum Gasteiger partial charge on any atom is 0.255 e. The first kappa shape index (κ1) is 14.9. The van der Waals surface area contributed by atoms with E-state index < -0.39 is 17.8 Å². The number of amides is 2. The number of anilines is 1. The van der Waals surface area contributed by atoms with Gasteiger partial charge in [0.2, 0.25) is 5.91 Å². The van der Waals surface area contributed by atoms with Crippen molar-refractivity contribution in [3.63, 3.8) is 0 Å². The van der Waals surface area contributed by atoms with Gasteiger partial charge in [-0.1, -0.05) is 0 Å². The largest absolute Gasteiger partial charge is 0.371 e. The Morgan fingerprint density at radius 3 is 2.74 bits per heavy atom. The summed E-state index contributed by atoms with van der Waals surface area (Å²) < 4.78 is 13.8. The number of hydrogen-bond acceptors (Lipinski definition) is 4. The van der Waals surface area contributed by atoms with E-state index in [0.717, 1.165) is 0 Å². The first-order valence-electron chi connectivity index (χ1n) is 5.92. The fourth-order valence-electron chi connectivity index (χ4n) is 1.46. The summed E-state index contributed by atoms with van der Waals surface area (Å²) in [4.78, 5) is 27.1. The number of aromatic nitrogens is 1. The number of likely N-dealkylation sites (N-methyl/N-ethyl adjacent to an activating group) is 1. The minimum absolute atomic E-state index is 0.0155. The second-order valence-corrected chi connectivity index (χ2v) is 3.86. The molecule has 0 bridgehead atoms. The highest BCUT2D eigenvalue weighted by atomic mass is 19.1. The minimum Gasteiger partial charge on any atom is -0.371 e. The Kier molecular flexibility index (Phi) is 5.23. The van der Waals surface area contributed by atoms with Crippen molar-refractivity contribution in [1.82, 2.24) is 15.6 Å². The van der Waals surface area contributed by atoms with E-state index in [2.05, 4.69) is 20.9 Å². The molecule has 0 aromatic carbocycles. The smallest absolute Gasteiger partial charge is 0.255 e. The molecule has 7 heteroatoms. The first-order valence-corrected chi connectivity index (χ1v) is 5.92. The van der Waals surface area contributed by atoms with Crippen LogP contribution in [0.3, 0.4) is 0 Å². The molecule has 0 aliphatic heterocycles. The molecule has 1 atom stereocenters. The third-order valence-corrected chi connectivity index (χ3v) is 2.46. The molecule has 1 aromatic rings. The lowest BCUT2D eigenvalue weighted by atomic mass is 10.2. The summed E-state index contributed by atoms with van der Waals surface area (Å²) in [6.07, 6.45) is 1.32. The predicted molar refractivity (Wildman–Crippen MR) is 69.4 cm³/mol. The molecule has 0 spiro atoms. The van der Waals surface area contributed by atoms with Gasteiger partial charge in [0.25, 0.3) is 5.91 Å². The van der Waals surface area contributed by atoms with Crippen molar-refractivity contribution >= 4 is 17.6 Å². The van der Waals surface area contributed by atoms with E-state index in [9.17, 15) is 14.0 Å². The molecule has 0 saturated heterocycles. The highest BCUT2D eigenvalue weighted by Crippen LogP contribution is 2.14. The van der Waals surface area contributed by atoms with Crippen LogP contribution < -0.4 is 16.0 Å². The standard InChI is InChI=1S/C12H17FN4O2/c1-4-15-11(18)7(2)17-12(19)8-5-6-16-10(14-3)9(8)13/h5-7H,4H2,1-3H3,(H,14,16)(H,15,18)(H,17,19). The van der Waals surface area contributed by atoms with E-state index in [0.29, 0.717) is 6.54 Å². The monoisotopic (exact) mass is 268 g/mol. The van der Waals surface area contributed by atoms with Crippen molar-refractivity contribution in [2.75, 3.05) is 18.9 Å². The van der Waals surface area contributed by atoms with Gasteiger partial charge in [-0.05, 0) is 19.9 Å². The zero-order valence-electron chi connectivity index (χ0n) is 11.1. The molecule has 19 heavy (non-hydrogen) atoms. The maximum absolute atomic E-state index is 13.8. The lowest BCUT2D eigenvalue weighted by molar-refractivity contribution is -0.122. The Bertz CT molecular complexity index is 479. The highest BCUT2D eigenvalue weighted by Gasteiger charge is 2.20. The van der Waals surface area contributed by atoms with Gasteiger partial charge < -0.3 is 16.0 Å². The summed E-state index contributed by atoms with van der Waals surface area (Å²) in [6.45, 7) is 3.77. The fraction of sp³-hybridized carbons (Fsp3) is 0.417. The number of carbonyl (C=O) groups excluding carboxylic acids is 2. The van der Waals surface area contributed by atoms with Crippen molar-refractivity contribution < 1.29 is 14.0 Å². The van der Waals surface area contributed by atoms with Crippen molar-refractivity contribution in [1.29, 1.82) is 0 Å². The minimum atomic E-state index is -0.745. The number of nitrogens with one attached hydrogen (secondary N) is 3. The molecule has 0 aliphatic rings. The normalized spacial score (nSPS) is 11.6. The van der Waals surface area contributed by atoms with Crippen LogP contribution in [-0.4, -0.2) is 36.4 Å². The van der Waals surface area contributed by atoms with Crippen LogP contribution in [0.2, 0.25) is 0 Å². The summed E-state index contributed by atoms with van der Waals surface area (Å²) in [7, 11) is 1.50. The summed E-state index contributed by atoms with van der Waals surface area (Å²) in [5, 5.41) is 7.54. The molecule has 1 heterocycles. The van der Waals surface area contributed by atoms with Gasteiger partial charge in [0, 0.05) is 19.8 Å². The fourth-order valence-corrected chi connectivity index (χ4v) is 1.46. The van der Waals surface area contributed by atoms with E-state index in [1.807, 2.05) is 0 Å². The summed E-state index contributed by atoms with van der Waals surface area (Å²) in [6, 6.07) is 0.522. The van der Waals surface area contributed by atoms with Gasteiger partial charge in [-0.3, -0.25) is 9.59 Å². The van der Waals surface area contributed by atoms with Gasteiger partial charge in [0.05, 0.1) is 5.56 Å². The van der Waals surface area contributed by atoms with Crippen molar-refractivity contribution in [2.24, 2.45) is 0 Å². The van der Waals surface area contributed by atoms with Gasteiger partial charge in [0.15, 0.2) is 11.6 Å². The van der Waals surface area contributed by atoms with Crippen LogP contribution in [0, 0.1) is 5.82 Å². The Morgan fingerprint density at radius 2 is 2.16 bits per heavy atom. The van der Waals surface area contributed by atoms with E-state index >= 15 is 0 Å². The van der Waals surface area contributed by atoms with E-state index in [1.54, 1.807) is 6.92 Å². The number of pyridine rings is 1. The zero-order valence-corrected chi connectivity index (χ0v) is 11.1. The Morgan fingerprint density at radius 1 is 1.47 bits per heavy atom. The average Bonchev–Trinajstić information content (AvgIpc) is 2.39. The molecule has 0 saturated carbocycles. The molecule has 3 N–H and O–H groups in total. The molecule has 1 rings (SSSR count). The van der Waals surface area contributed by atoms with E-state index in [1.165, 1.54) is 26.2 Å². The van der Waals surface area contributed by atoms with Crippen molar-refractivity contribution in [3.8, 4) is 0 Å². The Labute approximate surface area is 110 Å². The topological polar surface area (TPSA) is 83.1 Å². The molecule has 1 aromatic heterocycles. The average molecular weight is 268 g/mol. The van der Waals surface area contributed by atoms with Crippen LogP contribution in [0.5, 0.6) is 0 Å².